The fourth-order valence-corrected chi connectivity index (χ4v) is 2.78. The number of aromatic nitrogens is 3. The molecule has 1 fully saturated rings. The van der Waals surface area contributed by atoms with Gasteiger partial charge in [-0.05, 0) is 6.07 Å². The van der Waals surface area contributed by atoms with Gasteiger partial charge in [0.25, 0.3) is 0 Å². The van der Waals surface area contributed by atoms with Crippen LogP contribution in [0.2, 0.25) is 0 Å². The Labute approximate surface area is 130 Å². The highest BCUT2D eigenvalue weighted by Crippen LogP contribution is 2.32. The second-order valence-corrected chi connectivity index (χ2v) is 6.26. The van der Waals surface area contributed by atoms with Gasteiger partial charge in [0.1, 0.15) is 36.1 Å². The van der Waals surface area contributed by atoms with Crippen molar-refractivity contribution in [3.8, 4) is 0 Å². The van der Waals surface area contributed by atoms with Crippen molar-refractivity contribution in [2.24, 2.45) is 5.14 Å². The van der Waals surface area contributed by atoms with E-state index in [1.54, 1.807) is 12.3 Å². The molecule has 1 aliphatic rings. The van der Waals surface area contributed by atoms with Gasteiger partial charge in [0, 0.05) is 6.20 Å². The lowest BCUT2D eigenvalue weighted by Crippen LogP contribution is -2.35. The number of rotatable bonds is 4. The third-order valence-corrected chi connectivity index (χ3v) is 4.01. The van der Waals surface area contributed by atoms with E-state index in [9.17, 15) is 18.6 Å². The molecule has 23 heavy (non-hydrogen) atoms. The van der Waals surface area contributed by atoms with Crippen molar-refractivity contribution in [2.75, 3.05) is 12.3 Å². The number of nitrogens with two attached hydrogens (primary N) is 2. The molecule has 0 aliphatic carbocycles. The lowest BCUT2D eigenvalue weighted by molar-refractivity contribution is -0.0464. The van der Waals surface area contributed by atoms with Crippen molar-refractivity contribution in [1.82, 2.24) is 14.5 Å². The lowest BCUT2D eigenvalue weighted by atomic mass is 10.1. The van der Waals surface area contributed by atoms with Crippen LogP contribution >= 0.6 is 0 Å². The Bertz CT molecular complexity index is 823. The van der Waals surface area contributed by atoms with Gasteiger partial charge in [-0.2, -0.15) is 8.42 Å². The van der Waals surface area contributed by atoms with Gasteiger partial charge >= 0.3 is 10.3 Å². The summed E-state index contributed by atoms with van der Waals surface area (Å²) < 4.78 is 33.0. The summed E-state index contributed by atoms with van der Waals surface area (Å²) in [4.78, 5) is 7.92. The number of aliphatic hydroxyl groups is 2. The highest BCUT2D eigenvalue weighted by atomic mass is 32.2. The highest BCUT2D eigenvalue weighted by Gasteiger charge is 2.44. The molecule has 126 valence electrons. The normalized spacial score (nSPS) is 28.5. The van der Waals surface area contributed by atoms with Crippen LogP contribution in [0.25, 0.3) is 11.0 Å². The molecular weight excluding hydrogens is 330 g/mol. The number of anilines is 1. The molecule has 11 nitrogen and oxygen atoms in total. The Morgan fingerprint density at radius 3 is 2.78 bits per heavy atom. The average Bonchev–Trinajstić information content (AvgIpc) is 3.01. The number of ether oxygens (including phenoxy) is 1. The van der Waals surface area contributed by atoms with Gasteiger partial charge in [-0.15, -0.1) is 0 Å². The smallest absolute Gasteiger partial charge is 0.333 e. The number of aliphatic hydroxyl groups excluding tert-OH is 2. The molecule has 4 atom stereocenters. The Kier molecular flexibility index (Phi) is 3.95. The topological polar surface area (TPSA) is 176 Å². The molecule has 0 radical (unpaired) electrons. The zero-order valence-corrected chi connectivity index (χ0v) is 12.5. The SMILES string of the molecule is Nc1ncnc2c1ccn2[C@@H]1O[C@H](COS(N)(=O)=O)[C@@H](O)[C@H]1O. The van der Waals surface area contributed by atoms with E-state index in [1.807, 2.05) is 0 Å². The molecule has 0 saturated carbocycles. The van der Waals surface area contributed by atoms with Gasteiger partial charge in [-0.1, -0.05) is 0 Å². The first kappa shape index (κ1) is 16.0. The van der Waals surface area contributed by atoms with Gasteiger partial charge in [0.15, 0.2) is 6.23 Å². The first-order valence-electron chi connectivity index (χ1n) is 6.53. The van der Waals surface area contributed by atoms with Gasteiger partial charge < -0.3 is 25.3 Å². The first-order valence-corrected chi connectivity index (χ1v) is 8.01. The molecule has 2 aromatic heterocycles. The summed E-state index contributed by atoms with van der Waals surface area (Å²) in [5.41, 5.74) is 6.14. The van der Waals surface area contributed by atoms with Crippen LogP contribution in [0.15, 0.2) is 18.6 Å². The predicted molar refractivity (Wildman–Crippen MR) is 76.9 cm³/mol. The number of hydrogen-bond donors (Lipinski definition) is 4. The van der Waals surface area contributed by atoms with Crippen molar-refractivity contribution in [3.63, 3.8) is 0 Å². The molecular formula is C11H15N5O6S. The van der Waals surface area contributed by atoms with Crippen molar-refractivity contribution in [1.29, 1.82) is 0 Å². The fourth-order valence-electron chi connectivity index (χ4n) is 2.45. The molecule has 3 heterocycles. The van der Waals surface area contributed by atoms with Crippen molar-refractivity contribution in [2.45, 2.75) is 24.5 Å². The predicted octanol–water partition coefficient (Wildman–Crippen LogP) is -2.15. The molecule has 0 aromatic carbocycles. The zero-order valence-electron chi connectivity index (χ0n) is 11.7. The second-order valence-electron chi connectivity index (χ2n) is 5.04. The molecule has 3 rings (SSSR count). The van der Waals surface area contributed by atoms with Crippen LogP contribution in [0.4, 0.5) is 5.82 Å². The van der Waals surface area contributed by atoms with E-state index in [2.05, 4.69) is 14.2 Å². The van der Waals surface area contributed by atoms with E-state index in [0.717, 1.165) is 0 Å². The Balaban J connectivity index is 1.86. The third kappa shape index (κ3) is 2.99. The summed E-state index contributed by atoms with van der Waals surface area (Å²) in [6.07, 6.45) is -1.93. The average molecular weight is 345 g/mol. The first-order chi connectivity index (χ1) is 10.8. The van der Waals surface area contributed by atoms with Crippen molar-refractivity contribution < 1.29 is 27.6 Å². The van der Waals surface area contributed by atoms with E-state index in [-0.39, 0.29) is 5.82 Å². The summed E-state index contributed by atoms with van der Waals surface area (Å²) in [5, 5.41) is 25.4. The Hall–Kier alpha value is -1.83. The lowest BCUT2D eigenvalue weighted by Gasteiger charge is -2.17. The van der Waals surface area contributed by atoms with Gasteiger partial charge in [-0.3, -0.25) is 4.18 Å². The molecule has 1 aliphatic heterocycles. The van der Waals surface area contributed by atoms with Crippen LogP contribution in [-0.4, -0.2) is 58.1 Å². The molecule has 0 spiro atoms. The maximum atomic E-state index is 10.8. The Morgan fingerprint density at radius 1 is 1.35 bits per heavy atom. The summed E-state index contributed by atoms with van der Waals surface area (Å²) >= 11 is 0. The second kappa shape index (κ2) is 5.67. The van der Waals surface area contributed by atoms with Gasteiger partial charge in [0.05, 0.1) is 12.0 Å². The van der Waals surface area contributed by atoms with E-state index in [4.69, 9.17) is 15.6 Å². The number of hydrogen-bond acceptors (Lipinski definition) is 9. The minimum absolute atomic E-state index is 0.260. The minimum atomic E-state index is -4.18. The van der Waals surface area contributed by atoms with E-state index in [1.165, 1.54) is 10.9 Å². The quantitative estimate of drug-likeness (QED) is 0.481. The fraction of sp³-hybridized carbons (Fsp3) is 0.455. The molecule has 2 aromatic rings. The third-order valence-electron chi connectivity index (χ3n) is 3.55. The van der Waals surface area contributed by atoms with E-state index >= 15 is 0 Å². The zero-order chi connectivity index (χ0) is 16.8. The molecule has 6 N–H and O–H groups in total. The van der Waals surface area contributed by atoms with Gasteiger partial charge in [-0.25, -0.2) is 15.1 Å². The maximum absolute atomic E-state index is 10.8. The van der Waals surface area contributed by atoms with Crippen molar-refractivity contribution >= 4 is 27.2 Å². The molecule has 12 heteroatoms. The summed E-state index contributed by atoms with van der Waals surface area (Å²) in [6, 6.07) is 1.64. The summed E-state index contributed by atoms with van der Waals surface area (Å²) in [6.45, 7) is -0.524. The minimum Gasteiger partial charge on any atom is -0.387 e. The summed E-state index contributed by atoms with van der Waals surface area (Å²) in [7, 11) is -4.18. The summed E-state index contributed by atoms with van der Waals surface area (Å²) in [5.74, 6) is 0.260. The van der Waals surface area contributed by atoms with Crippen LogP contribution < -0.4 is 10.9 Å². The molecule has 0 unspecified atom stereocenters. The molecule has 0 amide bonds. The maximum Gasteiger partial charge on any atom is 0.333 e. The van der Waals surface area contributed by atoms with Crippen LogP contribution in [-0.2, 0) is 19.2 Å². The molecule has 1 saturated heterocycles. The van der Waals surface area contributed by atoms with E-state index < -0.39 is 41.5 Å². The Morgan fingerprint density at radius 2 is 2.09 bits per heavy atom. The van der Waals surface area contributed by atoms with Crippen LogP contribution in [0, 0.1) is 0 Å². The van der Waals surface area contributed by atoms with Crippen molar-refractivity contribution in [3.05, 3.63) is 18.6 Å². The van der Waals surface area contributed by atoms with Crippen LogP contribution in [0.1, 0.15) is 6.23 Å². The number of nitrogens with zero attached hydrogens (tertiary/aromatic N) is 3. The largest absolute Gasteiger partial charge is 0.387 e. The number of nitrogen functional groups attached to an aromatic ring is 1. The van der Waals surface area contributed by atoms with Gasteiger partial charge in [0.2, 0.25) is 0 Å². The monoisotopic (exact) mass is 345 g/mol. The highest BCUT2D eigenvalue weighted by molar-refractivity contribution is 7.84. The van der Waals surface area contributed by atoms with Crippen LogP contribution in [0.3, 0.4) is 0 Å². The van der Waals surface area contributed by atoms with E-state index in [0.29, 0.717) is 11.0 Å². The standard InChI is InChI=1S/C11H15N5O6S/c12-9-5-1-2-16(10(5)15-4-14-9)11-8(18)7(17)6(22-11)3-21-23(13,19)20/h1-2,4,6-8,11,17-18H,3H2,(H2,12,14,15)(H2,13,19,20)/t6-,7-,8-,11-/m1/s1. The number of fused-ring (bicyclic) bond motifs is 1. The molecule has 0 bridgehead atoms. The van der Waals surface area contributed by atoms with Crippen LogP contribution in [0.5, 0.6) is 0 Å².